The van der Waals surface area contributed by atoms with Crippen LogP contribution in [0.5, 0.6) is 0 Å². The molecule has 1 spiro atoms. The van der Waals surface area contributed by atoms with Crippen LogP contribution in [0.3, 0.4) is 0 Å². The fraction of sp³-hybridized carbons (Fsp3) is 0.471. The number of hydrogen-bond donors (Lipinski definition) is 0. The summed E-state index contributed by atoms with van der Waals surface area (Å²) in [5.74, 6) is 0.0542. The molecule has 2 amide bonds. The van der Waals surface area contributed by atoms with Gasteiger partial charge in [-0.1, -0.05) is 11.6 Å². The first-order chi connectivity index (χ1) is 11.5. The zero-order valence-corrected chi connectivity index (χ0v) is 14.3. The van der Waals surface area contributed by atoms with E-state index in [2.05, 4.69) is 4.98 Å². The topological polar surface area (TPSA) is 57.9 Å². The highest BCUT2D eigenvalue weighted by Gasteiger charge is 2.48. The second-order valence-corrected chi connectivity index (χ2v) is 7.26. The molecule has 126 valence electrons. The van der Waals surface area contributed by atoms with E-state index in [9.17, 15) is 9.59 Å². The van der Waals surface area contributed by atoms with Crippen LogP contribution in [0, 0.1) is 5.41 Å². The average molecular weight is 347 g/mol. The summed E-state index contributed by atoms with van der Waals surface area (Å²) in [5.41, 5.74) is 0.682. The molecule has 24 heavy (non-hydrogen) atoms. The van der Waals surface area contributed by atoms with Crippen molar-refractivity contribution in [2.45, 2.75) is 19.3 Å². The Bertz CT molecular complexity index is 833. The molecular formula is C17H19ClN4O2. The van der Waals surface area contributed by atoms with Crippen molar-refractivity contribution in [1.29, 1.82) is 0 Å². The molecule has 1 atom stereocenters. The number of amides is 2. The average Bonchev–Trinajstić information content (AvgIpc) is 3.16. The number of fused-ring (bicyclic) bond motifs is 1. The standard InChI is InChI=1S/C17H19ClN4O2/c1-20-7-2-5-17(16(20)24)6-8-21(11-17)15(23)13-10-22-9-12(18)3-4-14(22)19-13/h3-4,9-10H,2,5-8,11H2,1H3. The number of rotatable bonds is 1. The van der Waals surface area contributed by atoms with Gasteiger partial charge in [0.05, 0.1) is 10.4 Å². The van der Waals surface area contributed by atoms with E-state index in [4.69, 9.17) is 11.6 Å². The molecule has 0 radical (unpaired) electrons. The summed E-state index contributed by atoms with van der Waals surface area (Å²) in [4.78, 5) is 33.3. The Morgan fingerprint density at radius 2 is 2.08 bits per heavy atom. The molecule has 2 fully saturated rings. The van der Waals surface area contributed by atoms with Gasteiger partial charge >= 0.3 is 0 Å². The third-order valence-electron chi connectivity index (χ3n) is 5.22. The van der Waals surface area contributed by atoms with Crippen molar-refractivity contribution in [2.75, 3.05) is 26.7 Å². The van der Waals surface area contributed by atoms with Gasteiger partial charge in [-0.3, -0.25) is 9.59 Å². The second-order valence-electron chi connectivity index (χ2n) is 6.83. The number of carbonyl (C=O) groups is 2. The number of pyridine rings is 1. The van der Waals surface area contributed by atoms with Crippen LogP contribution in [0.4, 0.5) is 0 Å². The number of carbonyl (C=O) groups excluding carboxylic acids is 2. The van der Waals surface area contributed by atoms with Gasteiger partial charge in [0.1, 0.15) is 11.3 Å². The molecule has 4 heterocycles. The summed E-state index contributed by atoms with van der Waals surface area (Å²) in [5, 5.41) is 0.592. The lowest BCUT2D eigenvalue weighted by molar-refractivity contribution is -0.143. The summed E-state index contributed by atoms with van der Waals surface area (Å²) in [6.07, 6.45) is 6.02. The van der Waals surface area contributed by atoms with Gasteiger partial charge in [0, 0.05) is 39.1 Å². The lowest BCUT2D eigenvalue weighted by Crippen LogP contribution is -2.48. The van der Waals surface area contributed by atoms with Crippen molar-refractivity contribution in [3.05, 3.63) is 35.2 Å². The van der Waals surface area contributed by atoms with E-state index in [1.54, 1.807) is 38.7 Å². The molecule has 4 rings (SSSR count). The van der Waals surface area contributed by atoms with Crippen LogP contribution in [0.2, 0.25) is 5.02 Å². The fourth-order valence-corrected chi connectivity index (χ4v) is 4.09. The molecular weight excluding hydrogens is 328 g/mol. The maximum atomic E-state index is 12.8. The highest BCUT2D eigenvalue weighted by atomic mass is 35.5. The lowest BCUT2D eigenvalue weighted by Gasteiger charge is -2.37. The summed E-state index contributed by atoms with van der Waals surface area (Å²) < 4.78 is 1.75. The minimum absolute atomic E-state index is 0.118. The zero-order chi connectivity index (χ0) is 16.9. The molecule has 7 heteroatoms. The third-order valence-corrected chi connectivity index (χ3v) is 5.45. The van der Waals surface area contributed by atoms with E-state index in [0.717, 1.165) is 25.8 Å². The maximum Gasteiger partial charge on any atom is 0.274 e. The van der Waals surface area contributed by atoms with Crippen LogP contribution >= 0.6 is 11.6 Å². The Hall–Kier alpha value is -2.08. The molecule has 2 aliphatic rings. The number of aromatic nitrogens is 2. The van der Waals surface area contributed by atoms with Crippen LogP contribution in [-0.2, 0) is 4.79 Å². The maximum absolute atomic E-state index is 12.8. The van der Waals surface area contributed by atoms with E-state index in [-0.39, 0.29) is 11.8 Å². The molecule has 2 aromatic rings. The SMILES string of the molecule is CN1CCCC2(CCN(C(=O)c3cn4cc(Cl)ccc4n3)C2)C1=O. The smallest absolute Gasteiger partial charge is 0.274 e. The van der Waals surface area contributed by atoms with E-state index >= 15 is 0 Å². The highest BCUT2D eigenvalue weighted by molar-refractivity contribution is 6.30. The van der Waals surface area contributed by atoms with Gasteiger partial charge in [-0.05, 0) is 31.4 Å². The molecule has 0 aromatic carbocycles. The minimum Gasteiger partial charge on any atom is -0.345 e. The van der Waals surface area contributed by atoms with Gasteiger partial charge in [-0.25, -0.2) is 4.98 Å². The molecule has 0 aliphatic carbocycles. The normalized spacial score (nSPS) is 24.3. The number of likely N-dealkylation sites (tertiary alicyclic amines) is 2. The van der Waals surface area contributed by atoms with Crippen molar-refractivity contribution < 1.29 is 9.59 Å². The molecule has 6 nitrogen and oxygen atoms in total. The van der Waals surface area contributed by atoms with Crippen LogP contribution in [0.15, 0.2) is 24.5 Å². The van der Waals surface area contributed by atoms with Crippen LogP contribution in [0.25, 0.3) is 5.65 Å². The zero-order valence-electron chi connectivity index (χ0n) is 13.5. The Morgan fingerprint density at radius 3 is 2.92 bits per heavy atom. The summed E-state index contributed by atoms with van der Waals surface area (Å²) in [6.45, 7) is 1.90. The van der Waals surface area contributed by atoms with Crippen molar-refractivity contribution in [1.82, 2.24) is 19.2 Å². The van der Waals surface area contributed by atoms with E-state index in [0.29, 0.717) is 29.5 Å². The van der Waals surface area contributed by atoms with Crippen LogP contribution in [-0.4, -0.2) is 57.7 Å². The van der Waals surface area contributed by atoms with Gasteiger partial charge in [0.15, 0.2) is 0 Å². The lowest BCUT2D eigenvalue weighted by atomic mass is 9.78. The summed E-state index contributed by atoms with van der Waals surface area (Å²) in [6, 6.07) is 3.53. The first-order valence-corrected chi connectivity index (χ1v) is 8.55. The first-order valence-electron chi connectivity index (χ1n) is 8.18. The quantitative estimate of drug-likeness (QED) is 0.794. The summed E-state index contributed by atoms with van der Waals surface area (Å²) in [7, 11) is 1.85. The molecule has 0 N–H and O–H groups in total. The number of nitrogens with zero attached hydrogens (tertiary/aromatic N) is 4. The Morgan fingerprint density at radius 1 is 1.25 bits per heavy atom. The van der Waals surface area contributed by atoms with Crippen molar-refractivity contribution >= 4 is 29.1 Å². The van der Waals surface area contributed by atoms with Crippen molar-refractivity contribution in [3.63, 3.8) is 0 Å². The van der Waals surface area contributed by atoms with Gasteiger partial charge in [-0.2, -0.15) is 0 Å². The van der Waals surface area contributed by atoms with E-state index in [1.807, 2.05) is 7.05 Å². The van der Waals surface area contributed by atoms with Crippen molar-refractivity contribution in [2.24, 2.45) is 5.41 Å². The minimum atomic E-state index is -0.398. The molecule has 2 aliphatic heterocycles. The van der Waals surface area contributed by atoms with Crippen molar-refractivity contribution in [3.8, 4) is 0 Å². The Labute approximate surface area is 145 Å². The van der Waals surface area contributed by atoms with Gasteiger partial charge in [0.25, 0.3) is 5.91 Å². The van der Waals surface area contributed by atoms with Gasteiger partial charge < -0.3 is 14.2 Å². The molecule has 1 unspecified atom stereocenters. The van der Waals surface area contributed by atoms with E-state index in [1.165, 1.54) is 0 Å². The van der Waals surface area contributed by atoms with Crippen LogP contribution in [0.1, 0.15) is 29.8 Å². The van der Waals surface area contributed by atoms with E-state index < -0.39 is 5.41 Å². The third kappa shape index (κ3) is 2.36. The molecule has 0 bridgehead atoms. The fourth-order valence-electron chi connectivity index (χ4n) is 3.92. The van der Waals surface area contributed by atoms with Gasteiger partial charge in [0.2, 0.25) is 5.91 Å². The number of hydrogen-bond acceptors (Lipinski definition) is 3. The predicted octanol–water partition coefficient (Wildman–Crippen LogP) is 2.07. The van der Waals surface area contributed by atoms with Crippen LogP contribution < -0.4 is 0 Å². The summed E-state index contributed by atoms with van der Waals surface area (Å²) >= 11 is 5.98. The predicted molar refractivity (Wildman–Crippen MR) is 90.0 cm³/mol. The second kappa shape index (κ2) is 5.48. The molecule has 0 saturated carbocycles. The Balaban J connectivity index is 1.57. The van der Waals surface area contributed by atoms with Gasteiger partial charge in [-0.15, -0.1) is 0 Å². The monoisotopic (exact) mass is 346 g/mol. The largest absolute Gasteiger partial charge is 0.345 e. The molecule has 2 saturated heterocycles. The first kappa shape index (κ1) is 15.4. The number of imidazole rings is 1. The molecule has 2 aromatic heterocycles. The Kier molecular flexibility index (Phi) is 3.53. The number of halogens is 1. The highest BCUT2D eigenvalue weighted by Crippen LogP contribution is 2.40. The number of piperidine rings is 1.